The Balaban J connectivity index is 0.000000891. The number of benzene rings is 1. The molecule has 2 aromatic rings. The predicted molar refractivity (Wildman–Crippen MR) is 92.8 cm³/mol. The van der Waals surface area contributed by atoms with Crippen LogP contribution in [0.1, 0.15) is 5.56 Å². The summed E-state index contributed by atoms with van der Waals surface area (Å²) in [5.41, 5.74) is 2.07. The molecule has 7 heteroatoms. The molecule has 1 aromatic heterocycles. The minimum absolute atomic E-state index is 0.250. The zero-order valence-corrected chi connectivity index (χ0v) is 14.8. The number of likely N-dealkylation sites (N-methyl/N-ethyl adjacent to an activating group) is 1. The number of nitrogens with zero attached hydrogens (tertiary/aromatic N) is 3. The van der Waals surface area contributed by atoms with Gasteiger partial charge >= 0.3 is 0 Å². The van der Waals surface area contributed by atoms with Gasteiger partial charge in [0.15, 0.2) is 11.5 Å². The first-order valence-corrected chi connectivity index (χ1v) is 7.45. The van der Waals surface area contributed by atoms with Crippen LogP contribution in [-0.2, 0) is 11.3 Å². The number of hydrogen-bond donors (Lipinski definition) is 1. The van der Waals surface area contributed by atoms with E-state index in [1.54, 1.807) is 14.2 Å². The number of methoxy groups -OCH3 is 2. The zero-order valence-electron chi connectivity index (χ0n) is 14.8. The Morgan fingerprint density at radius 2 is 1.96 bits per heavy atom. The summed E-state index contributed by atoms with van der Waals surface area (Å²) in [4.78, 5) is 15.0. The van der Waals surface area contributed by atoms with Gasteiger partial charge in [0, 0.05) is 25.5 Å². The predicted octanol–water partition coefficient (Wildman–Crippen LogP) is 2.14. The van der Waals surface area contributed by atoms with E-state index in [9.17, 15) is 0 Å². The lowest BCUT2D eigenvalue weighted by Gasteiger charge is -2.16. The summed E-state index contributed by atoms with van der Waals surface area (Å²) in [6.45, 7) is 3.62. The van der Waals surface area contributed by atoms with Crippen molar-refractivity contribution in [2.45, 2.75) is 13.5 Å². The smallest absolute Gasteiger partial charge is 0.290 e. The number of rotatable bonds is 6. The monoisotopic (exact) mass is 335 g/mol. The number of carboxylic acid groups (broad SMARTS) is 1. The number of ether oxygens (including phenoxy) is 2. The Hall–Kier alpha value is -2.54. The van der Waals surface area contributed by atoms with Crippen molar-refractivity contribution < 1.29 is 19.4 Å². The number of carbonyl (C=O) groups is 1. The standard InChI is InChI=1S/C16H23N3O2.CH2O2/c1-12-10-13(15(21-5)14(11-12)20-4)16-17-6-7-19(16)9-8-18(2)3;2-1-3/h6-7,10-11H,8-9H2,1-5H3;1H,(H,2,3). The van der Waals surface area contributed by atoms with Crippen LogP contribution in [0.4, 0.5) is 0 Å². The summed E-state index contributed by atoms with van der Waals surface area (Å²) in [6, 6.07) is 4.05. The molecule has 0 unspecified atom stereocenters. The minimum Gasteiger partial charge on any atom is -0.493 e. The second-order valence-electron chi connectivity index (χ2n) is 5.40. The highest BCUT2D eigenvalue weighted by atomic mass is 16.5. The van der Waals surface area contributed by atoms with Crippen molar-refractivity contribution in [1.82, 2.24) is 14.5 Å². The van der Waals surface area contributed by atoms with Gasteiger partial charge in [-0.25, -0.2) is 4.98 Å². The van der Waals surface area contributed by atoms with Crippen molar-refractivity contribution in [3.63, 3.8) is 0 Å². The highest BCUT2D eigenvalue weighted by Crippen LogP contribution is 2.38. The maximum absolute atomic E-state index is 8.36. The molecule has 1 aromatic carbocycles. The first-order chi connectivity index (χ1) is 11.5. The molecule has 0 aliphatic carbocycles. The first kappa shape index (κ1) is 19.5. The van der Waals surface area contributed by atoms with E-state index in [1.807, 2.05) is 25.4 Å². The maximum atomic E-state index is 8.36. The van der Waals surface area contributed by atoms with Crippen molar-refractivity contribution in [2.75, 3.05) is 34.9 Å². The van der Waals surface area contributed by atoms with Gasteiger partial charge in [0.2, 0.25) is 0 Å². The lowest BCUT2D eigenvalue weighted by Crippen LogP contribution is -2.18. The van der Waals surface area contributed by atoms with Crippen molar-refractivity contribution in [3.05, 3.63) is 30.1 Å². The highest BCUT2D eigenvalue weighted by molar-refractivity contribution is 5.70. The average molecular weight is 335 g/mol. The molecule has 1 N–H and O–H groups in total. The number of imidazole rings is 1. The molecule has 132 valence electrons. The summed E-state index contributed by atoms with van der Waals surface area (Å²) in [7, 11) is 7.43. The average Bonchev–Trinajstić information content (AvgIpc) is 3.01. The van der Waals surface area contributed by atoms with Crippen LogP contribution in [0.2, 0.25) is 0 Å². The van der Waals surface area contributed by atoms with Crippen LogP contribution >= 0.6 is 0 Å². The fraction of sp³-hybridized carbons (Fsp3) is 0.412. The third-order valence-electron chi connectivity index (χ3n) is 3.37. The molecule has 2 rings (SSSR count). The van der Waals surface area contributed by atoms with E-state index in [-0.39, 0.29) is 6.47 Å². The minimum atomic E-state index is -0.250. The molecule has 7 nitrogen and oxygen atoms in total. The first-order valence-electron chi connectivity index (χ1n) is 7.45. The van der Waals surface area contributed by atoms with Gasteiger partial charge in [-0.3, -0.25) is 4.79 Å². The molecule has 0 saturated heterocycles. The molecule has 1 heterocycles. The topological polar surface area (TPSA) is 76.8 Å². The van der Waals surface area contributed by atoms with Crippen molar-refractivity contribution in [3.8, 4) is 22.9 Å². The zero-order chi connectivity index (χ0) is 18.1. The van der Waals surface area contributed by atoms with Crippen molar-refractivity contribution in [1.29, 1.82) is 0 Å². The second kappa shape index (κ2) is 9.57. The van der Waals surface area contributed by atoms with Gasteiger partial charge in [-0.05, 0) is 38.7 Å². The van der Waals surface area contributed by atoms with Gasteiger partial charge in [-0.2, -0.15) is 0 Å². The third-order valence-corrected chi connectivity index (χ3v) is 3.37. The summed E-state index contributed by atoms with van der Waals surface area (Å²) < 4.78 is 13.1. The molecule has 0 spiro atoms. The van der Waals surface area contributed by atoms with Crippen molar-refractivity contribution >= 4 is 6.47 Å². The Labute approximate surface area is 142 Å². The summed E-state index contributed by atoms with van der Waals surface area (Å²) in [5, 5.41) is 6.89. The summed E-state index contributed by atoms with van der Waals surface area (Å²) >= 11 is 0. The van der Waals surface area contributed by atoms with Crippen LogP contribution in [0.15, 0.2) is 24.5 Å². The van der Waals surface area contributed by atoms with Crippen molar-refractivity contribution in [2.24, 2.45) is 0 Å². The van der Waals surface area contributed by atoms with Crippen LogP contribution in [0, 0.1) is 6.92 Å². The van der Waals surface area contributed by atoms with E-state index in [0.29, 0.717) is 0 Å². The van der Waals surface area contributed by atoms with Crippen LogP contribution in [0.3, 0.4) is 0 Å². The SMILES string of the molecule is COc1cc(C)cc(-c2nccn2CCN(C)C)c1OC.O=CO. The molecule has 0 saturated carbocycles. The van der Waals surface area contributed by atoms with Gasteiger partial charge in [0.05, 0.1) is 19.8 Å². The number of aryl methyl sites for hydroxylation is 1. The van der Waals surface area contributed by atoms with E-state index in [4.69, 9.17) is 19.4 Å². The molecular formula is C17H25N3O4. The Morgan fingerprint density at radius 3 is 2.50 bits per heavy atom. The van der Waals surface area contributed by atoms with E-state index in [1.165, 1.54) is 0 Å². The van der Waals surface area contributed by atoms with E-state index in [2.05, 4.69) is 34.6 Å². The van der Waals surface area contributed by atoms with E-state index >= 15 is 0 Å². The molecule has 0 atom stereocenters. The van der Waals surface area contributed by atoms with E-state index < -0.39 is 0 Å². The molecular weight excluding hydrogens is 310 g/mol. The van der Waals surface area contributed by atoms with Crippen LogP contribution in [0.5, 0.6) is 11.5 Å². The Bertz CT molecular complexity index is 653. The molecule has 0 amide bonds. The van der Waals surface area contributed by atoms with Gasteiger partial charge in [0.25, 0.3) is 6.47 Å². The second-order valence-corrected chi connectivity index (χ2v) is 5.40. The highest BCUT2D eigenvalue weighted by Gasteiger charge is 2.17. The van der Waals surface area contributed by atoms with Gasteiger partial charge in [-0.15, -0.1) is 0 Å². The van der Waals surface area contributed by atoms with Gasteiger partial charge in [0.1, 0.15) is 5.82 Å². The van der Waals surface area contributed by atoms with Gasteiger partial charge < -0.3 is 24.0 Å². The Kier molecular flexibility index (Phi) is 7.77. The van der Waals surface area contributed by atoms with E-state index in [0.717, 1.165) is 41.5 Å². The summed E-state index contributed by atoms with van der Waals surface area (Å²) in [5.74, 6) is 2.35. The fourth-order valence-corrected chi connectivity index (χ4v) is 2.31. The van der Waals surface area contributed by atoms with Crippen LogP contribution in [0.25, 0.3) is 11.4 Å². The lowest BCUT2D eigenvalue weighted by atomic mass is 10.1. The number of aromatic nitrogens is 2. The lowest BCUT2D eigenvalue weighted by molar-refractivity contribution is -0.122. The van der Waals surface area contributed by atoms with Crippen LogP contribution < -0.4 is 9.47 Å². The Morgan fingerprint density at radius 1 is 1.29 bits per heavy atom. The molecule has 24 heavy (non-hydrogen) atoms. The normalized spacial score (nSPS) is 10.1. The number of hydrogen-bond acceptors (Lipinski definition) is 5. The molecule has 0 bridgehead atoms. The third kappa shape index (κ3) is 4.99. The quantitative estimate of drug-likeness (QED) is 0.815. The van der Waals surface area contributed by atoms with Gasteiger partial charge in [-0.1, -0.05) is 0 Å². The van der Waals surface area contributed by atoms with Crippen LogP contribution in [-0.4, -0.2) is 60.9 Å². The largest absolute Gasteiger partial charge is 0.493 e. The fourth-order valence-electron chi connectivity index (χ4n) is 2.31. The molecule has 0 aliphatic heterocycles. The maximum Gasteiger partial charge on any atom is 0.290 e. The summed E-state index contributed by atoms with van der Waals surface area (Å²) in [6.07, 6.45) is 3.81. The molecule has 0 fully saturated rings. The molecule has 0 aliphatic rings. The molecule has 0 radical (unpaired) electrons.